The predicted octanol–water partition coefficient (Wildman–Crippen LogP) is 6.24. The molecule has 4 rings (SSSR count). The van der Waals surface area contributed by atoms with Crippen LogP contribution in [0, 0.1) is 0 Å². The van der Waals surface area contributed by atoms with E-state index < -0.39 is 5.97 Å². The number of carboxylic acids is 1. The number of fused-ring (bicyclic) bond motifs is 1. The lowest BCUT2D eigenvalue weighted by molar-refractivity contribution is -0.135. The van der Waals surface area contributed by atoms with Crippen molar-refractivity contribution in [1.82, 2.24) is 0 Å². The number of rotatable bonds is 10. The fourth-order valence-corrected chi connectivity index (χ4v) is 4.85. The summed E-state index contributed by atoms with van der Waals surface area (Å²) >= 11 is 1.41. The Balaban J connectivity index is 1.62. The number of benzene rings is 4. The highest BCUT2D eigenvalue weighted by molar-refractivity contribution is 8.00. The highest BCUT2D eigenvalue weighted by Crippen LogP contribution is 2.36. The number of nitrogens with zero attached hydrogens (tertiary/aromatic N) is 1. The van der Waals surface area contributed by atoms with Crippen LogP contribution in [0.5, 0.6) is 11.5 Å². The predicted molar refractivity (Wildman–Crippen MR) is 138 cm³/mol. The van der Waals surface area contributed by atoms with Crippen LogP contribution in [0.15, 0.2) is 89.8 Å². The van der Waals surface area contributed by atoms with E-state index in [1.807, 2.05) is 58.9 Å². The molecule has 0 saturated heterocycles. The van der Waals surface area contributed by atoms with Gasteiger partial charge < -0.3 is 18.9 Å². The number of ether oxygens (including phenoxy) is 2. The van der Waals surface area contributed by atoms with Crippen molar-refractivity contribution in [3.05, 3.63) is 96.1 Å². The number of carboxylic acid groups (broad SMARTS) is 1. The summed E-state index contributed by atoms with van der Waals surface area (Å²) in [6.07, 6.45) is 1.80. The molecule has 0 spiro atoms. The second-order valence-electron chi connectivity index (χ2n) is 7.83. The molecule has 174 valence electrons. The molecule has 0 aliphatic heterocycles. The molecule has 4 aromatic carbocycles. The molecule has 0 atom stereocenters. The Morgan fingerprint density at radius 2 is 1.41 bits per heavy atom. The van der Waals surface area contributed by atoms with Crippen LogP contribution in [-0.4, -0.2) is 31.8 Å². The molecule has 0 amide bonds. The molecular weight excluding hydrogens is 446 g/mol. The summed E-state index contributed by atoms with van der Waals surface area (Å²) < 4.78 is 12.3. The number of carbonyl (C=O) groups is 1. The summed E-state index contributed by atoms with van der Waals surface area (Å²) in [7, 11) is 3.30. The summed E-state index contributed by atoms with van der Waals surface area (Å²) in [6.45, 7) is -0.119. The van der Waals surface area contributed by atoms with Crippen molar-refractivity contribution < 1.29 is 19.4 Å². The zero-order valence-corrected chi connectivity index (χ0v) is 20.0. The van der Waals surface area contributed by atoms with Gasteiger partial charge in [0.2, 0.25) is 0 Å². The molecule has 0 unspecified atom stereocenters. The molecule has 0 aliphatic rings. The van der Waals surface area contributed by atoms with Crippen molar-refractivity contribution in [3.8, 4) is 11.5 Å². The molecule has 5 nitrogen and oxygen atoms in total. The van der Waals surface area contributed by atoms with Gasteiger partial charge in [0.25, 0.3) is 0 Å². The topological polar surface area (TPSA) is 59.0 Å². The highest BCUT2D eigenvalue weighted by atomic mass is 32.2. The molecule has 34 heavy (non-hydrogen) atoms. The standard InChI is InChI=1S/C28H27NO4S/c1-32-22-12-8-20(9-13-22)7-10-21-11-18-27(26-6-4-3-5-25(21)26)29(19-28(30)31)34-24-16-14-23(33-2)15-17-24/h3-6,8-9,11-18H,7,10,19H2,1-2H3,(H,30,31). The summed E-state index contributed by atoms with van der Waals surface area (Å²) in [5.74, 6) is 0.737. The minimum Gasteiger partial charge on any atom is -0.497 e. The SMILES string of the molecule is COc1ccc(CCc2ccc(N(CC(=O)O)Sc3ccc(OC)cc3)c3ccccc23)cc1. The van der Waals surface area contributed by atoms with Gasteiger partial charge in [0.05, 0.1) is 19.9 Å². The third-order valence-corrected chi connectivity index (χ3v) is 6.69. The van der Waals surface area contributed by atoms with E-state index in [4.69, 9.17) is 9.47 Å². The van der Waals surface area contributed by atoms with Gasteiger partial charge in [0.15, 0.2) is 0 Å². The summed E-state index contributed by atoms with van der Waals surface area (Å²) in [5.41, 5.74) is 3.36. The number of methoxy groups -OCH3 is 2. The van der Waals surface area contributed by atoms with Crippen LogP contribution >= 0.6 is 11.9 Å². The maximum absolute atomic E-state index is 11.7. The molecule has 0 saturated carbocycles. The van der Waals surface area contributed by atoms with Crippen LogP contribution in [0.1, 0.15) is 11.1 Å². The molecule has 4 aromatic rings. The Hall–Kier alpha value is -3.64. The van der Waals surface area contributed by atoms with E-state index in [0.29, 0.717) is 0 Å². The summed E-state index contributed by atoms with van der Waals surface area (Å²) in [4.78, 5) is 12.6. The van der Waals surface area contributed by atoms with Gasteiger partial charge in [-0.1, -0.05) is 42.5 Å². The molecule has 0 radical (unpaired) electrons. The summed E-state index contributed by atoms with van der Waals surface area (Å²) in [6, 6.07) is 28.1. The van der Waals surface area contributed by atoms with E-state index in [1.54, 1.807) is 14.2 Å². The molecule has 0 fully saturated rings. The quantitative estimate of drug-likeness (QED) is 0.275. The van der Waals surface area contributed by atoms with Gasteiger partial charge in [-0.15, -0.1) is 0 Å². The van der Waals surface area contributed by atoms with E-state index in [0.717, 1.165) is 45.7 Å². The van der Waals surface area contributed by atoms with Crippen LogP contribution in [0.25, 0.3) is 10.8 Å². The van der Waals surface area contributed by atoms with Gasteiger partial charge in [-0.2, -0.15) is 0 Å². The first-order chi connectivity index (χ1) is 16.6. The molecule has 6 heteroatoms. The van der Waals surface area contributed by atoms with Crippen molar-refractivity contribution >= 4 is 34.4 Å². The Morgan fingerprint density at radius 3 is 2.03 bits per heavy atom. The molecule has 0 aromatic heterocycles. The van der Waals surface area contributed by atoms with Gasteiger partial charge in [0, 0.05) is 10.3 Å². The second kappa shape index (κ2) is 11.0. The van der Waals surface area contributed by atoms with Crippen LogP contribution in [0.3, 0.4) is 0 Å². The third kappa shape index (κ3) is 5.64. The van der Waals surface area contributed by atoms with Gasteiger partial charge in [0.1, 0.15) is 18.0 Å². The lowest BCUT2D eigenvalue weighted by Crippen LogP contribution is -2.23. The van der Waals surface area contributed by atoms with Crippen LogP contribution in [0.4, 0.5) is 5.69 Å². The monoisotopic (exact) mass is 473 g/mol. The smallest absolute Gasteiger partial charge is 0.324 e. The maximum atomic E-state index is 11.7. The van der Waals surface area contributed by atoms with Crippen LogP contribution < -0.4 is 13.8 Å². The van der Waals surface area contributed by atoms with E-state index in [1.165, 1.54) is 23.1 Å². The van der Waals surface area contributed by atoms with Crippen molar-refractivity contribution in [2.45, 2.75) is 17.7 Å². The fourth-order valence-electron chi connectivity index (χ4n) is 3.91. The van der Waals surface area contributed by atoms with Crippen molar-refractivity contribution in [2.24, 2.45) is 0 Å². The van der Waals surface area contributed by atoms with Crippen molar-refractivity contribution in [3.63, 3.8) is 0 Å². The average Bonchev–Trinajstić information content (AvgIpc) is 2.87. The van der Waals surface area contributed by atoms with Crippen LogP contribution in [0.2, 0.25) is 0 Å². The lowest BCUT2D eigenvalue weighted by Gasteiger charge is -2.24. The first-order valence-corrected chi connectivity index (χ1v) is 11.8. The minimum absolute atomic E-state index is 0.119. The minimum atomic E-state index is -0.881. The molecule has 1 N–H and O–H groups in total. The van der Waals surface area contributed by atoms with Gasteiger partial charge in [-0.05, 0) is 83.8 Å². The number of hydrogen-bond donors (Lipinski definition) is 1. The largest absolute Gasteiger partial charge is 0.497 e. The van der Waals surface area contributed by atoms with Crippen molar-refractivity contribution in [1.29, 1.82) is 0 Å². The van der Waals surface area contributed by atoms with Gasteiger partial charge >= 0.3 is 5.97 Å². The zero-order chi connectivity index (χ0) is 23.9. The fraction of sp³-hybridized carbons (Fsp3) is 0.179. The number of aryl methyl sites for hydroxylation is 2. The highest BCUT2D eigenvalue weighted by Gasteiger charge is 2.17. The Morgan fingerprint density at radius 1 is 0.794 bits per heavy atom. The first kappa shape index (κ1) is 23.5. The van der Waals surface area contributed by atoms with Crippen molar-refractivity contribution in [2.75, 3.05) is 25.1 Å². The van der Waals surface area contributed by atoms with E-state index in [9.17, 15) is 9.90 Å². The second-order valence-corrected chi connectivity index (χ2v) is 8.93. The molecule has 0 bridgehead atoms. The van der Waals surface area contributed by atoms with Gasteiger partial charge in [-0.25, -0.2) is 0 Å². The number of aliphatic carboxylic acids is 1. The van der Waals surface area contributed by atoms with E-state index in [-0.39, 0.29) is 6.54 Å². The molecular formula is C28H27NO4S. The summed E-state index contributed by atoms with van der Waals surface area (Å²) in [5, 5.41) is 11.8. The average molecular weight is 474 g/mol. The molecule has 0 aliphatic carbocycles. The van der Waals surface area contributed by atoms with E-state index in [2.05, 4.69) is 30.3 Å². The Bertz CT molecular complexity index is 1260. The first-order valence-electron chi connectivity index (χ1n) is 11.0. The van der Waals surface area contributed by atoms with Gasteiger partial charge in [-0.3, -0.25) is 4.79 Å². The lowest BCUT2D eigenvalue weighted by atomic mass is 9.97. The maximum Gasteiger partial charge on any atom is 0.324 e. The normalized spacial score (nSPS) is 10.8. The number of anilines is 1. The molecule has 0 heterocycles. The van der Waals surface area contributed by atoms with E-state index >= 15 is 0 Å². The number of hydrogen-bond acceptors (Lipinski definition) is 5. The zero-order valence-electron chi connectivity index (χ0n) is 19.2. The Labute approximate surface area is 204 Å². The van der Waals surface area contributed by atoms with Crippen LogP contribution in [-0.2, 0) is 17.6 Å². The Kier molecular flexibility index (Phi) is 7.60. The third-order valence-electron chi connectivity index (χ3n) is 5.66.